The SMILES string of the molecule is CON=C(C(=O)Cl)c1ccccc1COc1cc(C)ccc1Cl. The zero-order valence-electron chi connectivity index (χ0n) is 12.7. The first-order valence-corrected chi connectivity index (χ1v) is 7.56. The first kappa shape index (κ1) is 17.3. The summed E-state index contributed by atoms with van der Waals surface area (Å²) >= 11 is 11.7. The lowest BCUT2D eigenvalue weighted by molar-refractivity contribution is -0.106. The maximum atomic E-state index is 11.6. The highest BCUT2D eigenvalue weighted by atomic mass is 35.5. The summed E-state index contributed by atoms with van der Waals surface area (Å²) < 4.78 is 5.77. The Morgan fingerprint density at radius 2 is 1.96 bits per heavy atom. The van der Waals surface area contributed by atoms with Crippen molar-refractivity contribution in [2.75, 3.05) is 7.11 Å². The number of aryl methyl sites for hydroxylation is 1. The normalized spacial score (nSPS) is 11.2. The van der Waals surface area contributed by atoms with Gasteiger partial charge in [0.1, 0.15) is 19.5 Å². The molecule has 4 nitrogen and oxygen atoms in total. The maximum Gasteiger partial charge on any atom is 0.274 e. The highest BCUT2D eigenvalue weighted by Crippen LogP contribution is 2.26. The molecule has 120 valence electrons. The van der Waals surface area contributed by atoms with Crippen molar-refractivity contribution in [2.45, 2.75) is 13.5 Å². The van der Waals surface area contributed by atoms with E-state index in [1.54, 1.807) is 18.2 Å². The van der Waals surface area contributed by atoms with Gasteiger partial charge in [0.05, 0.1) is 5.02 Å². The predicted molar refractivity (Wildman–Crippen MR) is 91.4 cm³/mol. The minimum atomic E-state index is -0.701. The molecular formula is C17H15Cl2NO3. The molecular weight excluding hydrogens is 337 g/mol. The van der Waals surface area contributed by atoms with Crippen molar-refractivity contribution < 1.29 is 14.4 Å². The van der Waals surface area contributed by atoms with Crippen LogP contribution in [0.3, 0.4) is 0 Å². The Morgan fingerprint density at radius 3 is 2.65 bits per heavy atom. The molecule has 2 aromatic carbocycles. The lowest BCUT2D eigenvalue weighted by Crippen LogP contribution is -2.14. The largest absolute Gasteiger partial charge is 0.487 e. The maximum absolute atomic E-state index is 11.6. The molecule has 0 aliphatic carbocycles. The summed E-state index contributed by atoms with van der Waals surface area (Å²) in [6, 6.07) is 12.7. The number of halogens is 2. The summed E-state index contributed by atoms with van der Waals surface area (Å²) in [5.41, 5.74) is 2.37. The molecule has 0 saturated carbocycles. The van der Waals surface area contributed by atoms with Gasteiger partial charge in [0.2, 0.25) is 0 Å². The molecule has 6 heteroatoms. The Kier molecular flexibility index (Phi) is 6.02. The van der Waals surface area contributed by atoms with Crippen LogP contribution in [-0.2, 0) is 16.2 Å². The van der Waals surface area contributed by atoms with E-state index >= 15 is 0 Å². The van der Waals surface area contributed by atoms with E-state index in [4.69, 9.17) is 32.8 Å². The lowest BCUT2D eigenvalue weighted by Gasteiger charge is -2.12. The van der Waals surface area contributed by atoms with Crippen LogP contribution in [0, 0.1) is 6.92 Å². The Balaban J connectivity index is 2.29. The van der Waals surface area contributed by atoms with Crippen molar-refractivity contribution in [1.29, 1.82) is 0 Å². The highest BCUT2D eigenvalue weighted by molar-refractivity contribution is 6.84. The van der Waals surface area contributed by atoms with E-state index in [0.717, 1.165) is 11.1 Å². The van der Waals surface area contributed by atoms with E-state index < -0.39 is 5.24 Å². The highest BCUT2D eigenvalue weighted by Gasteiger charge is 2.17. The number of hydrogen-bond donors (Lipinski definition) is 0. The molecule has 0 spiro atoms. The minimum Gasteiger partial charge on any atom is -0.487 e. The van der Waals surface area contributed by atoms with Crippen molar-refractivity contribution in [3.05, 3.63) is 64.2 Å². The van der Waals surface area contributed by atoms with Gasteiger partial charge in [-0.1, -0.05) is 47.1 Å². The molecule has 0 saturated heterocycles. The van der Waals surface area contributed by atoms with E-state index in [1.807, 2.05) is 31.2 Å². The molecule has 0 unspecified atom stereocenters. The monoisotopic (exact) mass is 351 g/mol. The molecule has 0 fully saturated rings. The second kappa shape index (κ2) is 7.99. The van der Waals surface area contributed by atoms with Crippen molar-refractivity contribution >= 4 is 34.2 Å². The van der Waals surface area contributed by atoms with E-state index in [-0.39, 0.29) is 12.3 Å². The standard InChI is InChI=1S/C17H15Cl2NO3/c1-11-7-8-14(18)15(9-11)23-10-12-5-3-4-6-13(12)16(17(19)21)20-22-2/h3-9H,10H2,1-2H3. The molecule has 2 rings (SSSR count). The van der Waals surface area contributed by atoms with Crippen LogP contribution in [-0.4, -0.2) is 18.1 Å². The second-order valence-corrected chi connectivity index (χ2v) is 5.53. The van der Waals surface area contributed by atoms with Gasteiger partial charge in [-0.2, -0.15) is 0 Å². The van der Waals surface area contributed by atoms with Crippen molar-refractivity contribution in [3.63, 3.8) is 0 Å². The molecule has 0 aliphatic rings. The van der Waals surface area contributed by atoms with Crippen molar-refractivity contribution in [1.82, 2.24) is 0 Å². The fraction of sp³-hybridized carbons (Fsp3) is 0.176. The average Bonchev–Trinajstić information content (AvgIpc) is 2.53. The van der Waals surface area contributed by atoms with E-state index in [2.05, 4.69) is 5.16 Å². The molecule has 0 amide bonds. The van der Waals surface area contributed by atoms with Gasteiger partial charge in [-0.05, 0) is 41.8 Å². The van der Waals surface area contributed by atoms with Crippen LogP contribution in [0.4, 0.5) is 0 Å². The Bertz CT molecular complexity index is 744. The van der Waals surface area contributed by atoms with E-state index in [1.165, 1.54) is 7.11 Å². The number of benzene rings is 2. The number of nitrogens with zero attached hydrogens (tertiary/aromatic N) is 1. The Morgan fingerprint density at radius 1 is 1.22 bits per heavy atom. The van der Waals surface area contributed by atoms with Crippen molar-refractivity contribution in [2.24, 2.45) is 5.16 Å². The van der Waals surface area contributed by atoms with Gasteiger partial charge >= 0.3 is 0 Å². The van der Waals surface area contributed by atoms with Crippen LogP contribution >= 0.6 is 23.2 Å². The lowest BCUT2D eigenvalue weighted by atomic mass is 10.0. The first-order valence-electron chi connectivity index (χ1n) is 6.81. The van der Waals surface area contributed by atoms with Gasteiger partial charge in [0, 0.05) is 5.56 Å². The topological polar surface area (TPSA) is 47.9 Å². The van der Waals surface area contributed by atoms with Crippen LogP contribution in [0.15, 0.2) is 47.6 Å². The molecule has 0 N–H and O–H groups in total. The molecule has 0 aromatic heterocycles. The van der Waals surface area contributed by atoms with E-state index in [9.17, 15) is 4.79 Å². The summed E-state index contributed by atoms with van der Waals surface area (Å²) in [6.07, 6.45) is 0. The van der Waals surface area contributed by atoms with Crippen LogP contribution in [0.2, 0.25) is 5.02 Å². The minimum absolute atomic E-state index is 0.0312. The summed E-state index contributed by atoms with van der Waals surface area (Å²) in [5, 5.41) is 3.51. The summed E-state index contributed by atoms with van der Waals surface area (Å²) in [7, 11) is 1.35. The second-order valence-electron chi connectivity index (χ2n) is 4.78. The van der Waals surface area contributed by atoms with Crippen LogP contribution in [0.25, 0.3) is 0 Å². The van der Waals surface area contributed by atoms with Crippen LogP contribution in [0.1, 0.15) is 16.7 Å². The van der Waals surface area contributed by atoms with Gasteiger partial charge in [-0.25, -0.2) is 0 Å². The summed E-state index contributed by atoms with van der Waals surface area (Å²) in [5.74, 6) is 0.573. The summed E-state index contributed by atoms with van der Waals surface area (Å²) in [4.78, 5) is 16.2. The number of carbonyl (C=O) groups excluding carboxylic acids is 1. The third-order valence-electron chi connectivity index (χ3n) is 3.11. The predicted octanol–water partition coefficient (Wildman–Crippen LogP) is 4.34. The fourth-order valence-corrected chi connectivity index (χ4v) is 2.34. The van der Waals surface area contributed by atoms with Gasteiger partial charge in [0.25, 0.3) is 5.24 Å². The smallest absolute Gasteiger partial charge is 0.274 e. The number of ether oxygens (including phenoxy) is 1. The first-order chi connectivity index (χ1) is 11.0. The number of rotatable bonds is 6. The molecule has 0 aliphatic heterocycles. The van der Waals surface area contributed by atoms with Gasteiger partial charge in [0.15, 0.2) is 5.71 Å². The Hall–Kier alpha value is -2.04. The molecule has 23 heavy (non-hydrogen) atoms. The number of oxime groups is 1. The molecule has 0 radical (unpaired) electrons. The number of carbonyl (C=O) groups is 1. The molecule has 0 heterocycles. The van der Waals surface area contributed by atoms with Crippen LogP contribution < -0.4 is 4.74 Å². The number of hydrogen-bond acceptors (Lipinski definition) is 4. The zero-order chi connectivity index (χ0) is 16.8. The quantitative estimate of drug-likeness (QED) is 0.441. The van der Waals surface area contributed by atoms with Crippen molar-refractivity contribution in [3.8, 4) is 5.75 Å². The van der Waals surface area contributed by atoms with Gasteiger partial charge in [-0.3, -0.25) is 4.79 Å². The van der Waals surface area contributed by atoms with E-state index in [0.29, 0.717) is 16.3 Å². The molecule has 0 bridgehead atoms. The van der Waals surface area contributed by atoms with Crippen LogP contribution in [0.5, 0.6) is 5.75 Å². The fourth-order valence-electron chi connectivity index (χ4n) is 2.04. The van der Waals surface area contributed by atoms with Gasteiger partial charge in [-0.15, -0.1) is 0 Å². The molecule has 0 atom stereocenters. The third kappa shape index (κ3) is 4.47. The molecule has 2 aromatic rings. The Labute approximate surface area is 144 Å². The summed E-state index contributed by atoms with van der Waals surface area (Å²) in [6.45, 7) is 2.17. The van der Waals surface area contributed by atoms with Gasteiger partial charge < -0.3 is 9.57 Å². The average molecular weight is 352 g/mol. The third-order valence-corrected chi connectivity index (χ3v) is 3.60. The zero-order valence-corrected chi connectivity index (χ0v) is 14.2.